The van der Waals surface area contributed by atoms with Gasteiger partial charge in [0.05, 0.1) is 11.6 Å². The highest BCUT2D eigenvalue weighted by atomic mass is 35.5. The van der Waals surface area contributed by atoms with Gasteiger partial charge in [-0.25, -0.2) is 23.1 Å². The van der Waals surface area contributed by atoms with Gasteiger partial charge in [-0.15, -0.1) is 11.3 Å². The highest BCUT2D eigenvalue weighted by Gasteiger charge is 2.16. The molecule has 20 heavy (non-hydrogen) atoms. The van der Waals surface area contributed by atoms with Crippen molar-refractivity contribution in [3.8, 4) is 0 Å². The van der Waals surface area contributed by atoms with Crippen LogP contribution in [0.5, 0.6) is 0 Å². The van der Waals surface area contributed by atoms with E-state index in [4.69, 9.17) is 11.6 Å². The monoisotopic (exact) mass is 332 g/mol. The zero-order valence-corrected chi connectivity index (χ0v) is 13.2. The molecule has 2 N–H and O–H groups in total. The Balaban J connectivity index is 2.15. The molecule has 0 aliphatic rings. The average molecular weight is 333 g/mol. The molecule has 0 spiro atoms. The fraction of sp³-hybridized carbons (Fsp3) is 0.273. The minimum absolute atomic E-state index is 0.0229. The van der Waals surface area contributed by atoms with Crippen LogP contribution in [0.4, 0.5) is 5.82 Å². The van der Waals surface area contributed by atoms with Crippen molar-refractivity contribution >= 4 is 38.8 Å². The van der Waals surface area contributed by atoms with Gasteiger partial charge in [-0.2, -0.15) is 0 Å². The highest BCUT2D eigenvalue weighted by Crippen LogP contribution is 2.22. The van der Waals surface area contributed by atoms with Crippen LogP contribution in [0.3, 0.4) is 0 Å². The topological polar surface area (TPSA) is 84.0 Å². The smallest absolute Gasteiger partial charge is 0.242 e. The Kier molecular flexibility index (Phi) is 4.59. The summed E-state index contributed by atoms with van der Waals surface area (Å²) in [4.78, 5) is 9.10. The van der Waals surface area contributed by atoms with Crippen molar-refractivity contribution in [1.29, 1.82) is 0 Å². The number of hydrogen-bond acceptors (Lipinski definition) is 6. The van der Waals surface area contributed by atoms with Gasteiger partial charge in [-0.1, -0.05) is 11.6 Å². The van der Waals surface area contributed by atoms with Gasteiger partial charge < -0.3 is 5.32 Å². The standard InChI is InChI=1S/C11H13ClN4O2S2/c1-7-4-14-10(19-7)6-16-20(17,18)8-3-9(12)11(13-2)15-5-8/h3-5,16H,6H2,1-2H3,(H,13,15). The molecular weight excluding hydrogens is 320 g/mol. The lowest BCUT2D eigenvalue weighted by atomic mass is 10.4. The Morgan fingerprint density at radius 3 is 2.65 bits per heavy atom. The number of thiazole rings is 1. The van der Waals surface area contributed by atoms with Crippen molar-refractivity contribution in [1.82, 2.24) is 14.7 Å². The third-order valence-corrected chi connectivity index (χ3v) is 5.01. The highest BCUT2D eigenvalue weighted by molar-refractivity contribution is 7.89. The van der Waals surface area contributed by atoms with E-state index in [1.54, 1.807) is 13.2 Å². The summed E-state index contributed by atoms with van der Waals surface area (Å²) < 4.78 is 26.7. The number of aryl methyl sites for hydroxylation is 1. The van der Waals surface area contributed by atoms with E-state index in [1.807, 2.05) is 6.92 Å². The van der Waals surface area contributed by atoms with Crippen LogP contribution in [-0.2, 0) is 16.6 Å². The van der Waals surface area contributed by atoms with Crippen molar-refractivity contribution in [2.75, 3.05) is 12.4 Å². The molecule has 2 aromatic rings. The van der Waals surface area contributed by atoms with Crippen LogP contribution >= 0.6 is 22.9 Å². The SMILES string of the molecule is CNc1ncc(S(=O)(=O)NCc2ncc(C)s2)cc1Cl. The third kappa shape index (κ3) is 3.45. The van der Waals surface area contributed by atoms with Crippen LogP contribution in [0, 0.1) is 6.92 Å². The Labute approximate surface area is 126 Å². The third-order valence-electron chi connectivity index (χ3n) is 2.45. The molecule has 2 heterocycles. The van der Waals surface area contributed by atoms with E-state index in [1.165, 1.54) is 23.6 Å². The number of aromatic nitrogens is 2. The fourth-order valence-corrected chi connectivity index (χ4v) is 3.58. The number of hydrogen-bond donors (Lipinski definition) is 2. The second kappa shape index (κ2) is 6.04. The number of nitrogens with zero attached hydrogens (tertiary/aromatic N) is 2. The zero-order valence-electron chi connectivity index (χ0n) is 10.8. The molecule has 0 aromatic carbocycles. The number of nitrogens with one attached hydrogen (secondary N) is 2. The van der Waals surface area contributed by atoms with Crippen LogP contribution in [0.1, 0.15) is 9.88 Å². The van der Waals surface area contributed by atoms with Crippen molar-refractivity contribution in [2.24, 2.45) is 0 Å². The Hall–Kier alpha value is -1.22. The van der Waals surface area contributed by atoms with Crippen LogP contribution < -0.4 is 10.0 Å². The molecule has 0 radical (unpaired) electrons. The Morgan fingerprint density at radius 2 is 2.10 bits per heavy atom. The lowest BCUT2D eigenvalue weighted by Crippen LogP contribution is -2.23. The van der Waals surface area contributed by atoms with Crippen LogP contribution in [0.2, 0.25) is 5.02 Å². The molecule has 2 aromatic heterocycles. The van der Waals surface area contributed by atoms with Gasteiger partial charge in [0.2, 0.25) is 10.0 Å². The normalized spacial score (nSPS) is 11.6. The molecular formula is C11H13ClN4O2S2. The van der Waals surface area contributed by atoms with Gasteiger partial charge in [0.15, 0.2) is 0 Å². The van der Waals surface area contributed by atoms with E-state index in [0.717, 1.165) is 4.88 Å². The van der Waals surface area contributed by atoms with E-state index in [-0.39, 0.29) is 16.5 Å². The second-order valence-corrected chi connectivity index (χ2v) is 7.43. The first-order valence-corrected chi connectivity index (χ1v) is 8.34. The van der Waals surface area contributed by atoms with E-state index in [0.29, 0.717) is 10.8 Å². The number of halogens is 1. The molecule has 0 unspecified atom stereocenters. The number of pyridine rings is 1. The molecule has 0 aliphatic carbocycles. The maximum absolute atomic E-state index is 12.1. The summed E-state index contributed by atoms with van der Waals surface area (Å²) in [5, 5.41) is 3.72. The van der Waals surface area contributed by atoms with E-state index >= 15 is 0 Å². The molecule has 0 atom stereocenters. The molecule has 0 aliphatic heterocycles. The lowest BCUT2D eigenvalue weighted by molar-refractivity contribution is 0.580. The summed E-state index contributed by atoms with van der Waals surface area (Å²) in [7, 11) is -2.00. The molecule has 0 saturated heterocycles. The van der Waals surface area contributed by atoms with Crippen LogP contribution in [0.15, 0.2) is 23.4 Å². The van der Waals surface area contributed by atoms with Gasteiger partial charge in [0.25, 0.3) is 0 Å². The van der Waals surface area contributed by atoms with E-state index < -0.39 is 10.0 Å². The molecule has 0 fully saturated rings. The summed E-state index contributed by atoms with van der Waals surface area (Å²) in [6.45, 7) is 2.06. The fourth-order valence-electron chi connectivity index (χ4n) is 1.47. The van der Waals surface area contributed by atoms with Crippen molar-refractivity contribution in [2.45, 2.75) is 18.4 Å². The quantitative estimate of drug-likeness (QED) is 0.875. The maximum atomic E-state index is 12.1. The molecule has 108 valence electrons. The van der Waals surface area contributed by atoms with Gasteiger partial charge in [0.1, 0.15) is 15.7 Å². The zero-order chi connectivity index (χ0) is 14.8. The van der Waals surface area contributed by atoms with Crippen molar-refractivity contribution in [3.05, 3.63) is 33.4 Å². The molecule has 0 amide bonds. The van der Waals surface area contributed by atoms with Crippen molar-refractivity contribution in [3.63, 3.8) is 0 Å². The summed E-state index contributed by atoms with van der Waals surface area (Å²) in [5.41, 5.74) is 0. The van der Waals surface area contributed by atoms with Crippen LogP contribution in [-0.4, -0.2) is 25.4 Å². The summed E-state index contributed by atoms with van der Waals surface area (Å²) in [6.07, 6.45) is 2.96. The first kappa shape index (κ1) is 15.2. The van der Waals surface area contributed by atoms with Crippen LogP contribution in [0.25, 0.3) is 0 Å². The minimum atomic E-state index is -3.65. The summed E-state index contributed by atoms with van der Waals surface area (Å²) in [6, 6.07) is 1.36. The number of rotatable bonds is 5. The Bertz CT molecular complexity index is 715. The lowest BCUT2D eigenvalue weighted by Gasteiger charge is -2.07. The predicted molar refractivity (Wildman–Crippen MR) is 79.7 cm³/mol. The summed E-state index contributed by atoms with van der Waals surface area (Å²) in [5.74, 6) is 0.432. The van der Waals surface area contributed by atoms with E-state index in [9.17, 15) is 8.42 Å². The molecule has 6 nitrogen and oxygen atoms in total. The predicted octanol–water partition coefficient (Wildman–Crippen LogP) is 2.02. The van der Waals surface area contributed by atoms with Gasteiger partial charge >= 0.3 is 0 Å². The van der Waals surface area contributed by atoms with Crippen molar-refractivity contribution < 1.29 is 8.42 Å². The van der Waals surface area contributed by atoms with Gasteiger partial charge in [-0.05, 0) is 13.0 Å². The molecule has 0 saturated carbocycles. The minimum Gasteiger partial charge on any atom is -0.372 e. The second-order valence-electron chi connectivity index (χ2n) is 3.94. The first-order valence-electron chi connectivity index (χ1n) is 5.66. The van der Waals surface area contributed by atoms with E-state index in [2.05, 4.69) is 20.0 Å². The van der Waals surface area contributed by atoms with Gasteiger partial charge in [0, 0.05) is 24.3 Å². The number of anilines is 1. The molecule has 2 rings (SSSR count). The maximum Gasteiger partial charge on any atom is 0.242 e. The van der Waals surface area contributed by atoms with Gasteiger partial charge in [-0.3, -0.25) is 0 Å². The summed E-state index contributed by atoms with van der Waals surface area (Å²) >= 11 is 7.37. The molecule has 9 heteroatoms. The Morgan fingerprint density at radius 1 is 1.35 bits per heavy atom. The first-order chi connectivity index (χ1) is 9.42. The molecule has 0 bridgehead atoms. The average Bonchev–Trinajstić information content (AvgIpc) is 2.82. The largest absolute Gasteiger partial charge is 0.372 e. The number of sulfonamides is 1.